The molecule has 8 heteroatoms. The Kier molecular flexibility index (Phi) is 4.30. The van der Waals surface area contributed by atoms with Crippen LogP contribution in [0.4, 0.5) is 5.69 Å². The third kappa shape index (κ3) is 2.99. The van der Waals surface area contributed by atoms with Crippen LogP contribution in [-0.4, -0.2) is 35.7 Å². The summed E-state index contributed by atoms with van der Waals surface area (Å²) >= 11 is 0. The summed E-state index contributed by atoms with van der Waals surface area (Å²) in [6, 6.07) is 8.10. The Morgan fingerprint density at radius 2 is 2.25 bits per heavy atom. The molecule has 24 heavy (non-hydrogen) atoms. The molecule has 2 heterocycles. The molecule has 0 fully saturated rings. The molecule has 0 saturated carbocycles. The largest absolute Gasteiger partial charge is 0.482 e. The minimum atomic E-state index is -0.665. The summed E-state index contributed by atoms with van der Waals surface area (Å²) in [4.78, 5) is 29.5. The number of amides is 2. The fourth-order valence-electron chi connectivity index (χ4n) is 2.39. The van der Waals surface area contributed by atoms with Crippen molar-refractivity contribution in [3.05, 3.63) is 47.7 Å². The first-order chi connectivity index (χ1) is 11.6. The minimum absolute atomic E-state index is 0.0812. The van der Waals surface area contributed by atoms with E-state index in [0.29, 0.717) is 17.3 Å². The highest BCUT2D eigenvalue weighted by atomic mass is 16.5. The van der Waals surface area contributed by atoms with Gasteiger partial charge < -0.3 is 14.4 Å². The quantitative estimate of drug-likeness (QED) is 0.644. The van der Waals surface area contributed by atoms with Crippen molar-refractivity contribution in [2.75, 3.05) is 18.6 Å². The molecule has 124 valence electrons. The average molecular weight is 329 g/mol. The van der Waals surface area contributed by atoms with Crippen molar-refractivity contribution >= 4 is 17.5 Å². The number of hydrogen-bond donors (Lipinski definition) is 2. The monoisotopic (exact) mass is 329 g/mol. The van der Waals surface area contributed by atoms with Crippen molar-refractivity contribution in [1.82, 2.24) is 10.5 Å². The van der Waals surface area contributed by atoms with Gasteiger partial charge in [0.15, 0.2) is 6.61 Å². The van der Waals surface area contributed by atoms with Crippen LogP contribution >= 0.6 is 0 Å². The Hall–Kier alpha value is -3.13. The molecule has 2 N–H and O–H groups in total. The van der Waals surface area contributed by atoms with Crippen LogP contribution in [-0.2, 0) is 11.3 Å². The fourth-order valence-corrected chi connectivity index (χ4v) is 2.39. The van der Waals surface area contributed by atoms with Crippen LogP contribution in [0, 0.1) is 0 Å². The van der Waals surface area contributed by atoms with Crippen molar-refractivity contribution in [3.8, 4) is 11.6 Å². The van der Waals surface area contributed by atoms with Crippen molar-refractivity contribution in [1.29, 1.82) is 0 Å². The van der Waals surface area contributed by atoms with Crippen LogP contribution in [0.5, 0.6) is 11.6 Å². The van der Waals surface area contributed by atoms with Gasteiger partial charge in [-0.3, -0.25) is 14.8 Å². The Bertz CT molecular complexity index is 776. The molecule has 1 aromatic carbocycles. The summed E-state index contributed by atoms with van der Waals surface area (Å²) in [6.45, 7) is 0.193. The Labute approximate surface area is 137 Å². The Morgan fingerprint density at radius 1 is 1.42 bits per heavy atom. The number of carbonyl (C=O) groups is 2. The molecule has 3 rings (SSSR count). The number of pyridine rings is 1. The van der Waals surface area contributed by atoms with E-state index in [9.17, 15) is 9.59 Å². The summed E-state index contributed by atoms with van der Waals surface area (Å²) in [5.74, 6) is 0.0710. The zero-order chi connectivity index (χ0) is 17.1. The van der Waals surface area contributed by atoms with Gasteiger partial charge in [-0.05, 0) is 23.8 Å². The van der Waals surface area contributed by atoms with E-state index in [0.717, 1.165) is 5.56 Å². The molecule has 0 saturated heterocycles. The van der Waals surface area contributed by atoms with E-state index in [-0.39, 0.29) is 24.6 Å². The second-order valence-corrected chi connectivity index (χ2v) is 5.10. The summed E-state index contributed by atoms with van der Waals surface area (Å²) < 4.78 is 10.4. The van der Waals surface area contributed by atoms with Crippen molar-refractivity contribution in [2.24, 2.45) is 0 Å². The summed E-state index contributed by atoms with van der Waals surface area (Å²) in [5, 5.41) is 8.76. The first-order valence-electron chi connectivity index (χ1n) is 7.13. The molecule has 0 spiro atoms. The summed E-state index contributed by atoms with van der Waals surface area (Å²) in [5.41, 5.74) is 3.05. The highest BCUT2D eigenvalue weighted by molar-refractivity contribution is 6.00. The number of aromatic nitrogens is 1. The lowest BCUT2D eigenvalue weighted by Crippen LogP contribution is -2.38. The molecule has 8 nitrogen and oxygen atoms in total. The SMILES string of the molecule is COc1ccc(CN2C(=O)COc3ccc(C(=O)NO)cc32)cn1. The maximum atomic E-state index is 12.2. The van der Waals surface area contributed by atoms with E-state index in [4.69, 9.17) is 14.7 Å². The molecule has 0 unspecified atom stereocenters. The van der Waals surface area contributed by atoms with Gasteiger partial charge in [0, 0.05) is 17.8 Å². The van der Waals surface area contributed by atoms with E-state index in [1.54, 1.807) is 29.9 Å². The molecule has 1 aromatic heterocycles. The lowest BCUT2D eigenvalue weighted by molar-refractivity contribution is -0.121. The topological polar surface area (TPSA) is 101 Å². The van der Waals surface area contributed by atoms with Gasteiger partial charge in [0.25, 0.3) is 11.8 Å². The van der Waals surface area contributed by atoms with Crippen LogP contribution in [0.3, 0.4) is 0 Å². The Balaban J connectivity index is 1.92. The molecule has 1 aliphatic heterocycles. The van der Waals surface area contributed by atoms with Crippen LogP contribution in [0.25, 0.3) is 0 Å². The van der Waals surface area contributed by atoms with Gasteiger partial charge in [0.1, 0.15) is 5.75 Å². The maximum Gasteiger partial charge on any atom is 0.274 e. The molecule has 0 atom stereocenters. The third-order valence-electron chi connectivity index (χ3n) is 3.61. The van der Waals surface area contributed by atoms with Gasteiger partial charge in [0.05, 0.1) is 19.3 Å². The lowest BCUT2D eigenvalue weighted by atomic mass is 10.1. The predicted octanol–water partition coefficient (Wildman–Crippen LogP) is 1.13. The van der Waals surface area contributed by atoms with Gasteiger partial charge in [-0.15, -0.1) is 0 Å². The van der Waals surface area contributed by atoms with Gasteiger partial charge in [0.2, 0.25) is 5.88 Å². The van der Waals surface area contributed by atoms with Gasteiger partial charge >= 0.3 is 0 Å². The molecule has 0 aliphatic carbocycles. The van der Waals surface area contributed by atoms with Crippen molar-refractivity contribution < 1.29 is 24.3 Å². The number of hydroxylamine groups is 1. The van der Waals surface area contributed by atoms with E-state index < -0.39 is 5.91 Å². The minimum Gasteiger partial charge on any atom is -0.482 e. The summed E-state index contributed by atoms with van der Waals surface area (Å²) in [7, 11) is 1.53. The van der Waals surface area contributed by atoms with E-state index >= 15 is 0 Å². The zero-order valence-corrected chi connectivity index (χ0v) is 12.9. The normalized spacial score (nSPS) is 13.1. The third-order valence-corrected chi connectivity index (χ3v) is 3.61. The second-order valence-electron chi connectivity index (χ2n) is 5.10. The van der Waals surface area contributed by atoms with E-state index in [1.807, 2.05) is 0 Å². The van der Waals surface area contributed by atoms with Crippen LogP contribution in [0.1, 0.15) is 15.9 Å². The molecule has 1 aliphatic rings. The fraction of sp³-hybridized carbons (Fsp3) is 0.188. The number of anilines is 1. The second kappa shape index (κ2) is 6.55. The Morgan fingerprint density at radius 3 is 2.92 bits per heavy atom. The number of nitrogens with one attached hydrogen (secondary N) is 1. The van der Waals surface area contributed by atoms with Gasteiger partial charge in [-0.1, -0.05) is 6.07 Å². The average Bonchev–Trinajstić information content (AvgIpc) is 2.63. The first kappa shape index (κ1) is 15.8. The number of nitrogens with zero attached hydrogens (tertiary/aromatic N) is 2. The summed E-state index contributed by atoms with van der Waals surface area (Å²) in [6.07, 6.45) is 1.62. The molecular formula is C16H15N3O5. The molecule has 0 bridgehead atoms. The van der Waals surface area contributed by atoms with E-state index in [1.165, 1.54) is 24.1 Å². The molecule has 2 amide bonds. The molecule has 2 aromatic rings. The standard InChI is InChI=1S/C16H15N3O5/c1-23-14-5-2-10(7-17-14)8-19-12-6-11(16(21)18-22)3-4-13(12)24-9-15(19)20/h2-7,22H,8-9H2,1H3,(H,18,21). The van der Waals surface area contributed by atoms with Gasteiger partial charge in [-0.2, -0.15) is 0 Å². The van der Waals surface area contributed by atoms with Crippen LogP contribution < -0.4 is 19.9 Å². The maximum absolute atomic E-state index is 12.2. The number of rotatable bonds is 4. The molecular weight excluding hydrogens is 314 g/mol. The predicted molar refractivity (Wildman–Crippen MR) is 83.2 cm³/mol. The number of fused-ring (bicyclic) bond motifs is 1. The number of methoxy groups -OCH3 is 1. The number of ether oxygens (including phenoxy) is 2. The number of hydrogen-bond acceptors (Lipinski definition) is 6. The highest BCUT2D eigenvalue weighted by Gasteiger charge is 2.26. The number of benzene rings is 1. The van der Waals surface area contributed by atoms with Crippen molar-refractivity contribution in [3.63, 3.8) is 0 Å². The van der Waals surface area contributed by atoms with Crippen molar-refractivity contribution in [2.45, 2.75) is 6.54 Å². The number of carbonyl (C=O) groups excluding carboxylic acids is 2. The van der Waals surface area contributed by atoms with Crippen LogP contribution in [0.2, 0.25) is 0 Å². The highest BCUT2D eigenvalue weighted by Crippen LogP contribution is 2.34. The zero-order valence-electron chi connectivity index (χ0n) is 12.9. The first-order valence-corrected chi connectivity index (χ1v) is 7.13. The molecule has 0 radical (unpaired) electrons. The van der Waals surface area contributed by atoms with E-state index in [2.05, 4.69) is 4.98 Å². The smallest absolute Gasteiger partial charge is 0.274 e. The lowest BCUT2D eigenvalue weighted by Gasteiger charge is -2.29. The van der Waals surface area contributed by atoms with Gasteiger partial charge in [-0.25, -0.2) is 10.5 Å². The van der Waals surface area contributed by atoms with Crippen LogP contribution in [0.15, 0.2) is 36.5 Å².